The molecule has 0 unspecified atom stereocenters. The van der Waals surface area contributed by atoms with E-state index in [0.29, 0.717) is 5.92 Å². The molecule has 2 amide bonds. The highest BCUT2D eigenvalue weighted by Crippen LogP contribution is 2.40. The monoisotopic (exact) mass is 317 g/mol. The fourth-order valence-electron chi connectivity index (χ4n) is 2.68. The number of hydrogen-bond acceptors (Lipinski definition) is 4. The van der Waals surface area contributed by atoms with E-state index < -0.39 is 0 Å². The molecule has 6 heteroatoms. The van der Waals surface area contributed by atoms with E-state index in [-0.39, 0.29) is 6.03 Å². The average Bonchev–Trinajstić information content (AvgIpc) is 3.31. The maximum atomic E-state index is 12.3. The summed E-state index contributed by atoms with van der Waals surface area (Å²) in [5.74, 6) is 3.49. The van der Waals surface area contributed by atoms with E-state index >= 15 is 0 Å². The molecule has 0 radical (unpaired) electrons. The summed E-state index contributed by atoms with van der Waals surface area (Å²) in [7, 11) is 0. The number of anilines is 1. The topological polar surface area (TPSA) is 58.4 Å². The number of carbonyl (C=O) groups is 1. The molecule has 2 aromatic rings. The molecule has 22 heavy (non-hydrogen) atoms. The minimum Gasteiger partial charge on any atom is -0.440 e. The molecule has 2 aliphatic rings. The van der Waals surface area contributed by atoms with E-state index in [2.05, 4.69) is 10.3 Å². The molecule has 0 atom stereocenters. The van der Waals surface area contributed by atoms with E-state index in [9.17, 15) is 4.79 Å². The van der Waals surface area contributed by atoms with Gasteiger partial charge in [0.1, 0.15) is 5.52 Å². The Morgan fingerprint density at radius 2 is 2.23 bits per heavy atom. The van der Waals surface area contributed by atoms with Crippen molar-refractivity contribution >= 4 is 34.6 Å². The second kappa shape index (κ2) is 5.83. The highest BCUT2D eigenvalue weighted by molar-refractivity contribution is 7.99. The SMILES string of the molecule is O=C(Nc1ccc2oc(C3CC3)nc2c1)N1CCCSCC1. The largest absolute Gasteiger partial charge is 0.440 e. The molecule has 1 aromatic carbocycles. The Morgan fingerprint density at radius 3 is 3.09 bits per heavy atom. The predicted molar refractivity (Wildman–Crippen MR) is 88.5 cm³/mol. The van der Waals surface area contributed by atoms with Gasteiger partial charge < -0.3 is 14.6 Å². The number of carbonyl (C=O) groups excluding carboxylic acids is 1. The number of urea groups is 1. The van der Waals surface area contributed by atoms with Gasteiger partial charge >= 0.3 is 6.03 Å². The van der Waals surface area contributed by atoms with Crippen LogP contribution in [0.5, 0.6) is 0 Å². The molecular weight excluding hydrogens is 298 g/mol. The first kappa shape index (κ1) is 13.9. The molecule has 1 saturated heterocycles. The van der Waals surface area contributed by atoms with E-state index in [0.717, 1.165) is 53.7 Å². The van der Waals surface area contributed by atoms with Gasteiger partial charge in [0.2, 0.25) is 0 Å². The smallest absolute Gasteiger partial charge is 0.321 e. The Labute approximate surface area is 133 Å². The van der Waals surface area contributed by atoms with Crippen LogP contribution in [0.25, 0.3) is 11.1 Å². The molecule has 0 bridgehead atoms. The van der Waals surface area contributed by atoms with Crippen LogP contribution in [0.1, 0.15) is 31.1 Å². The molecule has 116 valence electrons. The number of nitrogens with zero attached hydrogens (tertiary/aromatic N) is 2. The van der Waals surface area contributed by atoms with Crippen molar-refractivity contribution in [2.75, 3.05) is 29.9 Å². The number of fused-ring (bicyclic) bond motifs is 1. The molecule has 5 nitrogen and oxygen atoms in total. The number of oxazole rings is 1. The molecule has 2 fully saturated rings. The van der Waals surface area contributed by atoms with E-state index in [1.165, 1.54) is 12.8 Å². The first-order valence-corrected chi connectivity index (χ1v) is 8.99. The number of thioether (sulfide) groups is 1. The highest BCUT2D eigenvalue weighted by atomic mass is 32.2. The summed E-state index contributed by atoms with van der Waals surface area (Å²) in [5.41, 5.74) is 2.40. The molecular formula is C16H19N3O2S. The van der Waals surface area contributed by atoms with Gasteiger partial charge in [0, 0.05) is 30.4 Å². The van der Waals surface area contributed by atoms with Crippen molar-refractivity contribution in [2.24, 2.45) is 0 Å². The van der Waals surface area contributed by atoms with Crippen LogP contribution in [0.15, 0.2) is 22.6 Å². The molecule has 1 aliphatic carbocycles. The minimum absolute atomic E-state index is 0.0206. The van der Waals surface area contributed by atoms with Crippen molar-refractivity contribution < 1.29 is 9.21 Å². The van der Waals surface area contributed by atoms with Crippen molar-refractivity contribution in [3.8, 4) is 0 Å². The quantitative estimate of drug-likeness (QED) is 0.918. The summed E-state index contributed by atoms with van der Waals surface area (Å²) in [6.07, 6.45) is 3.40. The minimum atomic E-state index is -0.0206. The van der Waals surface area contributed by atoms with Crippen LogP contribution >= 0.6 is 11.8 Å². The zero-order chi connectivity index (χ0) is 14.9. The maximum Gasteiger partial charge on any atom is 0.321 e. The number of amides is 2. The van der Waals surface area contributed by atoms with Gasteiger partial charge in [0.15, 0.2) is 11.5 Å². The van der Waals surface area contributed by atoms with Crippen molar-refractivity contribution in [1.82, 2.24) is 9.88 Å². The van der Waals surface area contributed by atoms with Crippen LogP contribution in [-0.4, -0.2) is 40.5 Å². The van der Waals surface area contributed by atoms with Gasteiger partial charge in [0.25, 0.3) is 0 Å². The van der Waals surface area contributed by atoms with Crippen LogP contribution < -0.4 is 5.32 Å². The van der Waals surface area contributed by atoms with Crippen LogP contribution in [0, 0.1) is 0 Å². The van der Waals surface area contributed by atoms with Gasteiger partial charge in [-0.2, -0.15) is 11.8 Å². The van der Waals surface area contributed by atoms with E-state index in [1.54, 1.807) is 0 Å². The van der Waals surface area contributed by atoms with Gasteiger partial charge in [-0.25, -0.2) is 9.78 Å². The summed E-state index contributed by atoms with van der Waals surface area (Å²) in [4.78, 5) is 18.8. The zero-order valence-electron chi connectivity index (χ0n) is 12.4. The Hall–Kier alpha value is -1.69. The van der Waals surface area contributed by atoms with Crippen molar-refractivity contribution in [1.29, 1.82) is 0 Å². The summed E-state index contributed by atoms with van der Waals surface area (Å²) >= 11 is 1.91. The number of hydrogen-bond donors (Lipinski definition) is 1. The predicted octanol–water partition coefficient (Wildman–Crippen LogP) is 3.68. The van der Waals surface area contributed by atoms with Gasteiger partial charge in [-0.15, -0.1) is 0 Å². The first-order valence-electron chi connectivity index (χ1n) is 7.84. The van der Waals surface area contributed by atoms with Gasteiger partial charge in [-0.3, -0.25) is 0 Å². The summed E-state index contributed by atoms with van der Waals surface area (Å²) < 4.78 is 5.75. The zero-order valence-corrected chi connectivity index (χ0v) is 13.2. The lowest BCUT2D eigenvalue weighted by atomic mass is 10.3. The normalized spacial score (nSPS) is 19.2. The molecule has 2 heterocycles. The Bertz CT molecular complexity index is 688. The lowest BCUT2D eigenvalue weighted by Gasteiger charge is -2.20. The highest BCUT2D eigenvalue weighted by Gasteiger charge is 2.29. The molecule has 1 N–H and O–H groups in total. The van der Waals surface area contributed by atoms with Crippen molar-refractivity contribution in [3.05, 3.63) is 24.1 Å². The molecule has 1 saturated carbocycles. The maximum absolute atomic E-state index is 12.3. The van der Waals surface area contributed by atoms with Gasteiger partial charge in [-0.05, 0) is 43.2 Å². The van der Waals surface area contributed by atoms with Gasteiger partial charge in [-0.1, -0.05) is 0 Å². The van der Waals surface area contributed by atoms with Crippen LogP contribution in [0.4, 0.5) is 10.5 Å². The van der Waals surface area contributed by atoms with Crippen LogP contribution in [-0.2, 0) is 0 Å². The Morgan fingerprint density at radius 1 is 1.32 bits per heavy atom. The third-order valence-corrected chi connectivity index (χ3v) is 5.14. The fraction of sp³-hybridized carbons (Fsp3) is 0.500. The van der Waals surface area contributed by atoms with E-state index in [1.807, 2.05) is 34.9 Å². The molecule has 4 rings (SSSR count). The standard InChI is InChI=1S/C16H19N3O2S/c20-16(19-6-1-8-22-9-7-19)17-12-4-5-14-13(10-12)18-15(21-14)11-2-3-11/h4-5,10-11H,1-3,6-9H2,(H,17,20). The summed E-state index contributed by atoms with van der Waals surface area (Å²) in [5, 5.41) is 2.98. The number of aromatic nitrogens is 1. The lowest BCUT2D eigenvalue weighted by Crippen LogP contribution is -2.36. The van der Waals surface area contributed by atoms with Crippen molar-refractivity contribution in [2.45, 2.75) is 25.2 Å². The lowest BCUT2D eigenvalue weighted by molar-refractivity contribution is 0.216. The number of benzene rings is 1. The Balaban J connectivity index is 1.49. The average molecular weight is 317 g/mol. The summed E-state index contributed by atoms with van der Waals surface area (Å²) in [6.45, 7) is 1.64. The molecule has 1 aromatic heterocycles. The number of rotatable bonds is 2. The third kappa shape index (κ3) is 2.92. The number of nitrogens with one attached hydrogen (secondary N) is 1. The Kier molecular flexibility index (Phi) is 3.70. The third-order valence-electron chi connectivity index (χ3n) is 4.09. The fourth-order valence-corrected chi connectivity index (χ4v) is 3.57. The van der Waals surface area contributed by atoms with Gasteiger partial charge in [0.05, 0.1) is 0 Å². The molecule has 1 aliphatic heterocycles. The van der Waals surface area contributed by atoms with Crippen molar-refractivity contribution in [3.63, 3.8) is 0 Å². The first-order chi connectivity index (χ1) is 10.8. The van der Waals surface area contributed by atoms with Crippen LogP contribution in [0.2, 0.25) is 0 Å². The summed E-state index contributed by atoms with van der Waals surface area (Å²) in [6, 6.07) is 5.65. The van der Waals surface area contributed by atoms with Crippen LogP contribution in [0.3, 0.4) is 0 Å². The van der Waals surface area contributed by atoms with E-state index in [4.69, 9.17) is 4.42 Å². The second-order valence-corrected chi connectivity index (χ2v) is 7.12. The molecule has 0 spiro atoms. The second-order valence-electron chi connectivity index (χ2n) is 5.89.